The first-order chi connectivity index (χ1) is 8.09. The van der Waals surface area contributed by atoms with Crippen LogP contribution in [0, 0.1) is 0 Å². The number of nitrogens with one attached hydrogen (secondary N) is 1. The van der Waals surface area contributed by atoms with Gasteiger partial charge in [0.1, 0.15) is 5.60 Å². The molecule has 1 amide bonds. The predicted molar refractivity (Wildman–Crippen MR) is 64.2 cm³/mol. The number of rotatable bonds is 3. The summed E-state index contributed by atoms with van der Waals surface area (Å²) < 4.78 is 5.10. The predicted octanol–water partition coefficient (Wildman–Crippen LogP) is 1.22. The van der Waals surface area contributed by atoms with E-state index in [1.165, 1.54) is 0 Å². The molecule has 1 aliphatic heterocycles. The summed E-state index contributed by atoms with van der Waals surface area (Å²) >= 11 is 5.73. The number of hydrogen-bond donors (Lipinski definition) is 2. The van der Waals surface area contributed by atoms with Gasteiger partial charge in [-0.15, -0.1) is 0 Å². The van der Waals surface area contributed by atoms with Gasteiger partial charge in [-0.2, -0.15) is 0 Å². The fraction of sp³-hybridized carbons (Fsp3) is 0.417. The Morgan fingerprint density at radius 1 is 1.47 bits per heavy atom. The van der Waals surface area contributed by atoms with Gasteiger partial charge in [0.2, 0.25) is 0 Å². The molecule has 2 N–H and O–H groups in total. The Labute approximate surface area is 105 Å². The molecule has 0 radical (unpaired) electrons. The molecule has 0 unspecified atom stereocenters. The minimum absolute atomic E-state index is 0.203. The molecule has 0 bridgehead atoms. The lowest BCUT2D eigenvalue weighted by Gasteiger charge is -2.20. The highest BCUT2D eigenvalue weighted by atomic mass is 35.5. The van der Waals surface area contributed by atoms with Crippen molar-refractivity contribution >= 4 is 17.5 Å². The highest BCUT2D eigenvalue weighted by molar-refractivity contribution is 6.30. The van der Waals surface area contributed by atoms with Gasteiger partial charge in [-0.3, -0.25) is 4.79 Å². The molecule has 4 nitrogen and oxygen atoms in total. The zero-order chi connectivity index (χ0) is 12.3. The van der Waals surface area contributed by atoms with E-state index in [1.807, 2.05) is 0 Å². The standard InChI is InChI=1S/C12H14ClNO3/c13-10-3-1-9(2-4-10)11(15)14-7-12(16)5-6-17-8-12/h1-4,16H,5-8H2,(H,14,15)/t12-/m1/s1. The van der Waals surface area contributed by atoms with Crippen molar-refractivity contribution in [1.82, 2.24) is 5.32 Å². The van der Waals surface area contributed by atoms with E-state index >= 15 is 0 Å². The van der Waals surface area contributed by atoms with E-state index in [0.717, 1.165) is 0 Å². The maximum atomic E-state index is 11.7. The van der Waals surface area contributed by atoms with Crippen molar-refractivity contribution in [2.45, 2.75) is 12.0 Å². The molecule has 1 atom stereocenters. The molecule has 1 aliphatic rings. The molecule has 1 fully saturated rings. The Kier molecular flexibility index (Phi) is 3.66. The van der Waals surface area contributed by atoms with E-state index < -0.39 is 5.60 Å². The molecule has 1 heterocycles. The monoisotopic (exact) mass is 255 g/mol. The van der Waals surface area contributed by atoms with Crippen molar-refractivity contribution in [3.05, 3.63) is 34.9 Å². The van der Waals surface area contributed by atoms with Crippen LogP contribution < -0.4 is 5.32 Å². The average molecular weight is 256 g/mol. The topological polar surface area (TPSA) is 58.6 Å². The van der Waals surface area contributed by atoms with E-state index in [1.54, 1.807) is 24.3 Å². The smallest absolute Gasteiger partial charge is 0.251 e. The van der Waals surface area contributed by atoms with Crippen LogP contribution in [0.3, 0.4) is 0 Å². The van der Waals surface area contributed by atoms with Crippen LogP contribution in [0.2, 0.25) is 5.02 Å². The van der Waals surface area contributed by atoms with Gasteiger partial charge in [0, 0.05) is 30.2 Å². The van der Waals surface area contributed by atoms with Gasteiger partial charge in [-0.25, -0.2) is 0 Å². The summed E-state index contributed by atoms with van der Waals surface area (Å²) in [5, 5.41) is 13.2. The van der Waals surface area contributed by atoms with Crippen molar-refractivity contribution in [2.24, 2.45) is 0 Å². The summed E-state index contributed by atoms with van der Waals surface area (Å²) in [5.41, 5.74) is -0.404. The lowest BCUT2D eigenvalue weighted by Crippen LogP contribution is -2.43. The van der Waals surface area contributed by atoms with Crippen LogP contribution in [-0.4, -0.2) is 36.4 Å². The van der Waals surface area contributed by atoms with E-state index in [9.17, 15) is 9.90 Å². The highest BCUT2D eigenvalue weighted by Gasteiger charge is 2.32. The van der Waals surface area contributed by atoms with Crippen molar-refractivity contribution in [2.75, 3.05) is 19.8 Å². The van der Waals surface area contributed by atoms with Crippen molar-refractivity contribution < 1.29 is 14.6 Å². The molecule has 1 aromatic carbocycles. The van der Waals surface area contributed by atoms with Crippen LogP contribution in [0.1, 0.15) is 16.8 Å². The third kappa shape index (κ3) is 3.19. The third-order valence-electron chi connectivity index (χ3n) is 2.77. The second kappa shape index (κ2) is 5.04. The molecule has 0 saturated carbocycles. The second-order valence-corrected chi connectivity index (χ2v) is 4.65. The van der Waals surface area contributed by atoms with Crippen molar-refractivity contribution in [3.8, 4) is 0 Å². The van der Waals surface area contributed by atoms with Crippen LogP contribution in [0.15, 0.2) is 24.3 Å². The van der Waals surface area contributed by atoms with Gasteiger partial charge >= 0.3 is 0 Å². The van der Waals surface area contributed by atoms with Crippen LogP contribution >= 0.6 is 11.6 Å². The normalized spacial score (nSPS) is 23.6. The lowest BCUT2D eigenvalue weighted by atomic mass is 10.0. The number of aliphatic hydroxyl groups is 1. The number of halogens is 1. The summed E-state index contributed by atoms with van der Waals surface area (Å²) in [7, 11) is 0. The summed E-state index contributed by atoms with van der Waals surface area (Å²) in [6.07, 6.45) is 0.550. The number of benzene rings is 1. The maximum Gasteiger partial charge on any atom is 0.251 e. The molecule has 2 rings (SSSR count). The first-order valence-electron chi connectivity index (χ1n) is 5.43. The first-order valence-corrected chi connectivity index (χ1v) is 5.81. The van der Waals surface area contributed by atoms with Crippen molar-refractivity contribution in [3.63, 3.8) is 0 Å². The third-order valence-corrected chi connectivity index (χ3v) is 3.02. The summed E-state index contributed by atoms with van der Waals surface area (Å²) in [5.74, 6) is -0.220. The highest BCUT2D eigenvalue weighted by Crippen LogP contribution is 2.17. The molecule has 0 aromatic heterocycles. The van der Waals surface area contributed by atoms with Gasteiger partial charge in [-0.1, -0.05) is 11.6 Å². The molecule has 0 spiro atoms. The van der Waals surface area contributed by atoms with Gasteiger partial charge in [-0.05, 0) is 24.3 Å². The van der Waals surface area contributed by atoms with E-state index in [-0.39, 0.29) is 19.1 Å². The zero-order valence-electron chi connectivity index (χ0n) is 9.28. The van der Waals surface area contributed by atoms with Crippen LogP contribution in [-0.2, 0) is 4.74 Å². The van der Waals surface area contributed by atoms with Crippen LogP contribution in [0.5, 0.6) is 0 Å². The zero-order valence-corrected chi connectivity index (χ0v) is 10.0. The number of ether oxygens (including phenoxy) is 1. The molecule has 1 saturated heterocycles. The van der Waals surface area contributed by atoms with Crippen molar-refractivity contribution in [1.29, 1.82) is 0 Å². The second-order valence-electron chi connectivity index (χ2n) is 4.22. The van der Waals surface area contributed by atoms with Crippen LogP contribution in [0.25, 0.3) is 0 Å². The Morgan fingerprint density at radius 3 is 2.76 bits per heavy atom. The SMILES string of the molecule is O=C(NC[C@]1(O)CCOC1)c1ccc(Cl)cc1. The van der Waals surface area contributed by atoms with Gasteiger partial charge in [0.25, 0.3) is 5.91 Å². The molecular formula is C12H14ClNO3. The summed E-state index contributed by atoms with van der Waals surface area (Å²) in [4.78, 5) is 11.7. The number of carbonyl (C=O) groups is 1. The van der Waals surface area contributed by atoms with E-state index in [0.29, 0.717) is 23.6 Å². The number of amides is 1. The molecular weight excluding hydrogens is 242 g/mol. The Morgan fingerprint density at radius 2 is 2.18 bits per heavy atom. The van der Waals surface area contributed by atoms with Crippen LogP contribution in [0.4, 0.5) is 0 Å². The quantitative estimate of drug-likeness (QED) is 0.854. The summed E-state index contributed by atoms with van der Waals surface area (Å²) in [6.45, 7) is 1.01. The van der Waals surface area contributed by atoms with Gasteiger partial charge in [0.05, 0.1) is 6.61 Å². The van der Waals surface area contributed by atoms with E-state index in [4.69, 9.17) is 16.3 Å². The average Bonchev–Trinajstić information content (AvgIpc) is 2.75. The Hall–Kier alpha value is -1.10. The van der Waals surface area contributed by atoms with Gasteiger partial charge < -0.3 is 15.2 Å². The Balaban J connectivity index is 1.91. The largest absolute Gasteiger partial charge is 0.386 e. The molecule has 1 aromatic rings. The first kappa shape index (κ1) is 12.4. The molecule has 5 heteroatoms. The Bertz CT molecular complexity index is 399. The fourth-order valence-electron chi connectivity index (χ4n) is 1.68. The minimum Gasteiger partial charge on any atom is -0.386 e. The minimum atomic E-state index is -0.928. The lowest BCUT2D eigenvalue weighted by molar-refractivity contribution is 0.0264. The number of hydrogen-bond acceptors (Lipinski definition) is 3. The summed E-state index contributed by atoms with van der Waals surface area (Å²) in [6, 6.07) is 6.60. The molecule has 17 heavy (non-hydrogen) atoms. The fourth-order valence-corrected chi connectivity index (χ4v) is 1.81. The van der Waals surface area contributed by atoms with E-state index in [2.05, 4.69) is 5.32 Å². The number of carbonyl (C=O) groups excluding carboxylic acids is 1. The molecule has 0 aliphatic carbocycles. The molecule has 92 valence electrons. The maximum absolute atomic E-state index is 11.7. The van der Waals surface area contributed by atoms with Gasteiger partial charge in [0.15, 0.2) is 0 Å².